The minimum Gasteiger partial charge on any atom is -0.478 e. The average molecular weight is 233 g/mol. The van der Waals surface area contributed by atoms with Crippen LogP contribution in [0.15, 0.2) is 24.3 Å². The smallest absolute Gasteiger partial charge is 0.335 e. The Labute approximate surface area is 102 Å². The van der Waals surface area contributed by atoms with E-state index in [2.05, 4.69) is 12.2 Å². The van der Waals surface area contributed by atoms with Gasteiger partial charge < -0.3 is 10.4 Å². The van der Waals surface area contributed by atoms with E-state index >= 15 is 0 Å². The first-order valence-electron chi connectivity index (χ1n) is 6.22. The molecule has 1 aromatic carbocycles. The fraction of sp³-hybridized carbons (Fsp3) is 0.500. The number of aromatic carboxylic acids is 1. The maximum Gasteiger partial charge on any atom is 0.335 e. The maximum absolute atomic E-state index is 10.7. The Hall–Kier alpha value is -1.35. The summed E-state index contributed by atoms with van der Waals surface area (Å²) in [4.78, 5) is 10.7. The van der Waals surface area contributed by atoms with Gasteiger partial charge in [0.2, 0.25) is 0 Å². The van der Waals surface area contributed by atoms with Crippen molar-refractivity contribution in [2.24, 2.45) is 0 Å². The zero-order chi connectivity index (χ0) is 12.3. The molecule has 2 N–H and O–H groups in total. The van der Waals surface area contributed by atoms with Crippen molar-refractivity contribution in [2.75, 3.05) is 0 Å². The number of rotatable bonds is 5. The van der Waals surface area contributed by atoms with E-state index in [4.69, 9.17) is 5.11 Å². The van der Waals surface area contributed by atoms with Crippen molar-refractivity contribution in [1.82, 2.24) is 5.32 Å². The van der Waals surface area contributed by atoms with Crippen molar-refractivity contribution in [2.45, 2.75) is 44.7 Å². The van der Waals surface area contributed by atoms with Crippen LogP contribution in [-0.4, -0.2) is 16.6 Å². The molecule has 0 saturated heterocycles. The largest absolute Gasteiger partial charge is 0.478 e. The molecular formula is C14H19NO2. The Morgan fingerprint density at radius 2 is 2.00 bits per heavy atom. The zero-order valence-corrected chi connectivity index (χ0v) is 10.2. The lowest BCUT2D eigenvalue weighted by atomic mass is 9.75. The van der Waals surface area contributed by atoms with Crippen LogP contribution in [0.3, 0.4) is 0 Å². The lowest BCUT2D eigenvalue weighted by Crippen LogP contribution is -2.49. The second-order valence-electron chi connectivity index (χ2n) is 4.84. The third-order valence-electron chi connectivity index (χ3n) is 3.86. The molecule has 1 saturated carbocycles. The molecule has 0 amide bonds. The van der Waals surface area contributed by atoms with Gasteiger partial charge in [0.05, 0.1) is 5.56 Å². The predicted molar refractivity (Wildman–Crippen MR) is 67.1 cm³/mol. The van der Waals surface area contributed by atoms with Crippen LogP contribution in [0.1, 0.15) is 48.5 Å². The number of benzene rings is 1. The number of carbonyl (C=O) groups is 1. The Morgan fingerprint density at radius 1 is 1.35 bits per heavy atom. The molecule has 0 bridgehead atoms. The molecule has 1 fully saturated rings. The molecule has 1 aliphatic rings. The van der Waals surface area contributed by atoms with E-state index in [1.54, 1.807) is 12.1 Å². The Morgan fingerprint density at radius 3 is 2.41 bits per heavy atom. The van der Waals surface area contributed by atoms with Crippen LogP contribution in [0.2, 0.25) is 0 Å². The second kappa shape index (κ2) is 4.88. The minimum atomic E-state index is -0.867. The summed E-state index contributed by atoms with van der Waals surface area (Å²) in [5.74, 6) is -0.867. The third-order valence-corrected chi connectivity index (χ3v) is 3.86. The van der Waals surface area contributed by atoms with E-state index in [0.29, 0.717) is 11.1 Å². The Kier molecular flexibility index (Phi) is 3.48. The summed E-state index contributed by atoms with van der Waals surface area (Å²) in [5.41, 5.74) is 1.84. The summed E-state index contributed by atoms with van der Waals surface area (Å²) < 4.78 is 0. The zero-order valence-electron chi connectivity index (χ0n) is 10.2. The summed E-state index contributed by atoms with van der Waals surface area (Å²) in [5, 5.41) is 12.4. The Bertz CT molecular complexity index is 388. The SMILES string of the molecule is CCC1(NCc2ccc(C(=O)O)cc2)CCC1. The molecule has 0 spiro atoms. The van der Waals surface area contributed by atoms with E-state index in [-0.39, 0.29) is 0 Å². The van der Waals surface area contributed by atoms with E-state index in [0.717, 1.165) is 12.1 Å². The van der Waals surface area contributed by atoms with Gasteiger partial charge in [0.15, 0.2) is 0 Å². The minimum absolute atomic E-state index is 0.339. The van der Waals surface area contributed by atoms with Gasteiger partial charge >= 0.3 is 5.97 Å². The first kappa shape index (κ1) is 12.1. The molecule has 0 radical (unpaired) electrons. The van der Waals surface area contributed by atoms with Gasteiger partial charge in [0.25, 0.3) is 0 Å². The summed E-state index contributed by atoms with van der Waals surface area (Å²) in [6.07, 6.45) is 5.01. The van der Waals surface area contributed by atoms with Crippen LogP contribution < -0.4 is 5.32 Å². The van der Waals surface area contributed by atoms with Crippen LogP contribution in [0.4, 0.5) is 0 Å². The predicted octanol–water partition coefficient (Wildman–Crippen LogP) is 2.81. The highest BCUT2D eigenvalue weighted by Gasteiger charge is 2.33. The molecule has 0 heterocycles. The quantitative estimate of drug-likeness (QED) is 0.822. The van der Waals surface area contributed by atoms with Gasteiger partial charge in [-0.05, 0) is 43.4 Å². The van der Waals surface area contributed by atoms with Crippen molar-refractivity contribution in [3.8, 4) is 0 Å². The monoisotopic (exact) mass is 233 g/mol. The van der Waals surface area contributed by atoms with Gasteiger partial charge in [-0.2, -0.15) is 0 Å². The lowest BCUT2D eigenvalue weighted by molar-refractivity contribution is 0.0697. The van der Waals surface area contributed by atoms with Crippen LogP contribution in [0.5, 0.6) is 0 Å². The lowest BCUT2D eigenvalue weighted by Gasteiger charge is -2.42. The fourth-order valence-corrected chi connectivity index (χ4v) is 2.31. The molecule has 92 valence electrons. The van der Waals surface area contributed by atoms with Crippen LogP contribution >= 0.6 is 0 Å². The standard InChI is InChI=1S/C14H19NO2/c1-2-14(8-3-9-14)15-10-11-4-6-12(7-5-11)13(16)17/h4-7,15H,2-3,8-10H2,1H3,(H,16,17). The van der Waals surface area contributed by atoms with E-state index in [1.807, 2.05) is 12.1 Å². The highest BCUT2D eigenvalue weighted by Crippen LogP contribution is 2.34. The van der Waals surface area contributed by atoms with E-state index in [1.165, 1.54) is 25.7 Å². The van der Waals surface area contributed by atoms with Gasteiger partial charge in [-0.1, -0.05) is 19.1 Å². The molecule has 1 aliphatic carbocycles. The topological polar surface area (TPSA) is 49.3 Å². The number of hydrogen-bond acceptors (Lipinski definition) is 2. The molecule has 0 unspecified atom stereocenters. The van der Waals surface area contributed by atoms with Crippen LogP contribution in [-0.2, 0) is 6.54 Å². The molecule has 17 heavy (non-hydrogen) atoms. The normalized spacial score (nSPS) is 17.5. The summed E-state index contributed by atoms with van der Waals surface area (Å²) >= 11 is 0. The Balaban J connectivity index is 1.93. The number of nitrogens with one attached hydrogen (secondary N) is 1. The molecule has 3 heteroatoms. The molecule has 0 aromatic heterocycles. The fourth-order valence-electron chi connectivity index (χ4n) is 2.31. The summed E-state index contributed by atoms with van der Waals surface area (Å²) in [6, 6.07) is 7.11. The summed E-state index contributed by atoms with van der Waals surface area (Å²) in [7, 11) is 0. The molecule has 2 rings (SSSR count). The molecule has 0 aliphatic heterocycles. The van der Waals surface area contributed by atoms with Gasteiger partial charge in [0.1, 0.15) is 0 Å². The molecule has 0 atom stereocenters. The van der Waals surface area contributed by atoms with Gasteiger partial charge in [-0.3, -0.25) is 0 Å². The first-order chi connectivity index (χ1) is 8.15. The second-order valence-corrected chi connectivity index (χ2v) is 4.84. The maximum atomic E-state index is 10.7. The van der Waals surface area contributed by atoms with Crippen LogP contribution in [0.25, 0.3) is 0 Å². The molecular weight excluding hydrogens is 214 g/mol. The molecule has 3 nitrogen and oxygen atoms in total. The highest BCUT2D eigenvalue weighted by molar-refractivity contribution is 5.87. The van der Waals surface area contributed by atoms with Crippen molar-refractivity contribution in [1.29, 1.82) is 0 Å². The van der Waals surface area contributed by atoms with Gasteiger partial charge in [-0.15, -0.1) is 0 Å². The summed E-state index contributed by atoms with van der Waals surface area (Å²) in [6.45, 7) is 3.05. The number of carboxylic acids is 1. The van der Waals surface area contributed by atoms with Gasteiger partial charge in [0, 0.05) is 12.1 Å². The first-order valence-corrected chi connectivity index (χ1v) is 6.22. The molecule has 1 aromatic rings. The van der Waals surface area contributed by atoms with Crippen molar-refractivity contribution in [3.05, 3.63) is 35.4 Å². The van der Waals surface area contributed by atoms with Crippen molar-refractivity contribution >= 4 is 5.97 Å². The average Bonchev–Trinajstić information content (AvgIpc) is 2.29. The number of hydrogen-bond donors (Lipinski definition) is 2. The van der Waals surface area contributed by atoms with Crippen molar-refractivity contribution in [3.63, 3.8) is 0 Å². The van der Waals surface area contributed by atoms with Crippen LogP contribution in [0, 0.1) is 0 Å². The third kappa shape index (κ3) is 2.67. The highest BCUT2D eigenvalue weighted by atomic mass is 16.4. The van der Waals surface area contributed by atoms with Gasteiger partial charge in [-0.25, -0.2) is 4.79 Å². The number of carboxylic acid groups (broad SMARTS) is 1. The van der Waals surface area contributed by atoms with E-state index < -0.39 is 5.97 Å². The van der Waals surface area contributed by atoms with Crippen molar-refractivity contribution < 1.29 is 9.90 Å². The van der Waals surface area contributed by atoms with E-state index in [9.17, 15) is 4.79 Å².